The number of nitrogens with zero attached hydrogens (tertiary/aromatic N) is 1. The highest BCUT2D eigenvalue weighted by molar-refractivity contribution is 7.89. The van der Waals surface area contributed by atoms with E-state index in [1.807, 2.05) is 6.92 Å². The Bertz CT molecular complexity index is 455. The molecule has 5 heteroatoms. The van der Waals surface area contributed by atoms with Crippen LogP contribution in [0.2, 0.25) is 0 Å². The van der Waals surface area contributed by atoms with Crippen LogP contribution in [0.4, 0.5) is 4.39 Å². The van der Waals surface area contributed by atoms with Gasteiger partial charge < -0.3 is 0 Å². The van der Waals surface area contributed by atoms with Crippen LogP contribution in [0.15, 0.2) is 29.2 Å². The first-order chi connectivity index (χ1) is 7.05. The molecule has 1 aliphatic heterocycles. The third kappa shape index (κ3) is 1.89. The van der Waals surface area contributed by atoms with Gasteiger partial charge in [0.25, 0.3) is 0 Å². The zero-order valence-corrected chi connectivity index (χ0v) is 9.17. The van der Waals surface area contributed by atoms with Crippen molar-refractivity contribution in [2.75, 3.05) is 13.2 Å². The van der Waals surface area contributed by atoms with Crippen molar-refractivity contribution in [3.05, 3.63) is 29.8 Å². The lowest BCUT2D eigenvalue weighted by molar-refractivity contribution is 0.460. The summed E-state index contributed by atoms with van der Waals surface area (Å²) in [6.07, 6.45) is 0. The molecule has 0 aromatic heterocycles. The Balaban J connectivity index is 2.27. The van der Waals surface area contributed by atoms with Gasteiger partial charge in [-0.05, 0) is 19.1 Å². The summed E-state index contributed by atoms with van der Waals surface area (Å²) >= 11 is 0. The van der Waals surface area contributed by atoms with Crippen LogP contribution in [0.25, 0.3) is 0 Å². The quantitative estimate of drug-likeness (QED) is 0.733. The van der Waals surface area contributed by atoms with Crippen LogP contribution in [0, 0.1) is 6.92 Å². The van der Waals surface area contributed by atoms with E-state index in [1.54, 1.807) is 24.3 Å². The van der Waals surface area contributed by atoms with Crippen LogP contribution >= 0.6 is 0 Å². The first-order valence-electron chi connectivity index (χ1n) is 4.70. The summed E-state index contributed by atoms with van der Waals surface area (Å²) in [6.45, 7) is 1.58. The van der Waals surface area contributed by atoms with Crippen molar-refractivity contribution in [2.24, 2.45) is 0 Å². The molecule has 15 heavy (non-hydrogen) atoms. The van der Waals surface area contributed by atoms with Gasteiger partial charge in [-0.2, -0.15) is 4.31 Å². The van der Waals surface area contributed by atoms with Crippen molar-refractivity contribution in [3.8, 4) is 0 Å². The molecular formula is C10H12FNO2S. The van der Waals surface area contributed by atoms with Gasteiger partial charge >= 0.3 is 0 Å². The molecule has 0 bridgehead atoms. The van der Waals surface area contributed by atoms with Crippen molar-refractivity contribution < 1.29 is 12.8 Å². The molecule has 82 valence electrons. The van der Waals surface area contributed by atoms with Crippen molar-refractivity contribution >= 4 is 10.0 Å². The van der Waals surface area contributed by atoms with Crippen molar-refractivity contribution in [2.45, 2.75) is 17.9 Å². The van der Waals surface area contributed by atoms with Crippen LogP contribution in [-0.2, 0) is 10.0 Å². The van der Waals surface area contributed by atoms with E-state index in [1.165, 1.54) is 4.31 Å². The number of alkyl halides is 1. The summed E-state index contributed by atoms with van der Waals surface area (Å²) in [7, 11) is -3.45. The fraction of sp³-hybridized carbons (Fsp3) is 0.400. The second-order valence-electron chi connectivity index (χ2n) is 3.70. The third-order valence-corrected chi connectivity index (χ3v) is 4.40. The number of rotatable bonds is 3. The average Bonchev–Trinajstić information content (AvgIpc) is 2.98. The number of halogens is 1. The Kier molecular flexibility index (Phi) is 2.52. The molecule has 0 radical (unpaired) electrons. The average molecular weight is 229 g/mol. The van der Waals surface area contributed by atoms with E-state index in [2.05, 4.69) is 0 Å². The number of hydrogen-bond acceptors (Lipinski definition) is 2. The largest absolute Gasteiger partial charge is 0.249 e. The van der Waals surface area contributed by atoms with Gasteiger partial charge in [0.15, 0.2) is 0 Å². The molecule has 1 aliphatic rings. The molecule has 0 spiro atoms. The summed E-state index contributed by atoms with van der Waals surface area (Å²) in [5, 5.41) is 0. The standard InChI is InChI=1S/C10H12FNO2S/c1-8-2-4-10(5-3-8)15(13,14)12-7-9(12)6-11/h2-5,9H,6-7H2,1H3. The van der Waals surface area contributed by atoms with Gasteiger partial charge in [0.1, 0.15) is 6.67 Å². The molecule has 1 fully saturated rings. The predicted molar refractivity (Wildman–Crippen MR) is 54.8 cm³/mol. The Labute approximate surface area is 88.6 Å². The van der Waals surface area contributed by atoms with Crippen LogP contribution in [0.3, 0.4) is 0 Å². The summed E-state index contributed by atoms with van der Waals surface area (Å²) in [5.41, 5.74) is 1.00. The fourth-order valence-electron chi connectivity index (χ4n) is 1.43. The smallest absolute Gasteiger partial charge is 0.243 e. The number of benzene rings is 1. The van der Waals surface area contributed by atoms with Crippen molar-refractivity contribution in [1.82, 2.24) is 4.31 Å². The Morgan fingerprint density at radius 2 is 2.00 bits per heavy atom. The third-order valence-electron chi connectivity index (χ3n) is 2.47. The molecule has 1 aromatic rings. The Morgan fingerprint density at radius 3 is 2.47 bits per heavy atom. The van der Waals surface area contributed by atoms with E-state index in [0.717, 1.165) is 5.56 Å². The highest BCUT2D eigenvalue weighted by atomic mass is 32.2. The fourth-order valence-corrected chi connectivity index (χ4v) is 2.99. The van der Waals surface area contributed by atoms with Gasteiger partial charge in [-0.15, -0.1) is 0 Å². The van der Waals surface area contributed by atoms with E-state index in [9.17, 15) is 12.8 Å². The van der Waals surface area contributed by atoms with E-state index >= 15 is 0 Å². The molecule has 0 amide bonds. The van der Waals surface area contributed by atoms with Crippen LogP contribution < -0.4 is 0 Å². The molecule has 0 saturated carbocycles. The van der Waals surface area contributed by atoms with Gasteiger partial charge in [-0.3, -0.25) is 0 Å². The molecular weight excluding hydrogens is 217 g/mol. The Morgan fingerprint density at radius 1 is 1.40 bits per heavy atom. The maximum Gasteiger partial charge on any atom is 0.243 e. The number of sulfonamides is 1. The Hall–Kier alpha value is -0.940. The summed E-state index contributed by atoms with van der Waals surface area (Å²) in [5.74, 6) is 0. The van der Waals surface area contributed by atoms with E-state index in [0.29, 0.717) is 6.54 Å². The molecule has 2 rings (SSSR count). The molecule has 0 N–H and O–H groups in total. The zero-order valence-electron chi connectivity index (χ0n) is 8.35. The second-order valence-corrected chi connectivity index (χ2v) is 5.59. The molecule has 2 unspecified atom stereocenters. The lowest BCUT2D eigenvalue weighted by Crippen LogP contribution is -2.15. The lowest BCUT2D eigenvalue weighted by atomic mass is 10.2. The molecule has 1 heterocycles. The summed E-state index contributed by atoms with van der Waals surface area (Å²) in [4.78, 5) is 0.240. The molecule has 0 aliphatic carbocycles. The zero-order chi connectivity index (χ0) is 11.1. The van der Waals surface area contributed by atoms with Gasteiger partial charge in [-0.1, -0.05) is 17.7 Å². The first-order valence-corrected chi connectivity index (χ1v) is 6.14. The summed E-state index contributed by atoms with van der Waals surface area (Å²) < 4.78 is 37.1. The van der Waals surface area contributed by atoms with E-state index in [4.69, 9.17) is 0 Å². The highest BCUT2D eigenvalue weighted by Gasteiger charge is 2.44. The molecule has 1 aromatic carbocycles. The van der Waals surface area contributed by atoms with Crippen molar-refractivity contribution in [1.29, 1.82) is 0 Å². The number of hydrogen-bond donors (Lipinski definition) is 0. The minimum atomic E-state index is -3.45. The SMILES string of the molecule is Cc1ccc(S(=O)(=O)N2CC2CF)cc1. The second kappa shape index (κ2) is 3.57. The maximum atomic E-state index is 12.2. The van der Waals surface area contributed by atoms with Crippen molar-refractivity contribution in [3.63, 3.8) is 0 Å². The minimum Gasteiger partial charge on any atom is -0.249 e. The van der Waals surface area contributed by atoms with Crippen LogP contribution in [0.1, 0.15) is 5.56 Å². The molecule has 1 saturated heterocycles. The maximum absolute atomic E-state index is 12.2. The first kappa shape index (κ1) is 10.6. The van der Waals surface area contributed by atoms with Gasteiger partial charge in [-0.25, -0.2) is 12.8 Å². The van der Waals surface area contributed by atoms with E-state index in [-0.39, 0.29) is 4.90 Å². The normalized spacial score (nSPS) is 25.2. The van der Waals surface area contributed by atoms with Crippen LogP contribution in [-0.4, -0.2) is 32.0 Å². The summed E-state index contributed by atoms with van der Waals surface area (Å²) in [6, 6.07) is 6.13. The van der Waals surface area contributed by atoms with E-state index < -0.39 is 22.7 Å². The molecule has 2 atom stereocenters. The van der Waals surface area contributed by atoms with Crippen LogP contribution in [0.5, 0.6) is 0 Å². The highest BCUT2D eigenvalue weighted by Crippen LogP contribution is 2.28. The molecule has 3 nitrogen and oxygen atoms in total. The monoisotopic (exact) mass is 229 g/mol. The topological polar surface area (TPSA) is 37.1 Å². The predicted octanol–water partition coefficient (Wildman–Crippen LogP) is 1.34. The van der Waals surface area contributed by atoms with Gasteiger partial charge in [0.05, 0.1) is 10.9 Å². The van der Waals surface area contributed by atoms with Gasteiger partial charge in [0, 0.05) is 6.54 Å². The van der Waals surface area contributed by atoms with Gasteiger partial charge in [0.2, 0.25) is 10.0 Å². The lowest BCUT2D eigenvalue weighted by Gasteiger charge is -2.05. The number of aryl methyl sites for hydroxylation is 1. The minimum absolute atomic E-state index is 0.240.